The summed E-state index contributed by atoms with van der Waals surface area (Å²) in [6.45, 7) is 4.07. The fourth-order valence-electron chi connectivity index (χ4n) is 2.89. The molecule has 0 radical (unpaired) electrons. The lowest BCUT2D eigenvalue weighted by Gasteiger charge is -2.16. The van der Waals surface area contributed by atoms with Gasteiger partial charge in [-0.25, -0.2) is 4.98 Å². The predicted octanol–water partition coefficient (Wildman–Crippen LogP) is 4.50. The molecular formula is C16H20ClN3. The Balaban J connectivity index is 1.98. The summed E-state index contributed by atoms with van der Waals surface area (Å²) in [4.78, 5) is 4.63. The highest BCUT2D eigenvalue weighted by molar-refractivity contribution is 6.31. The smallest absolute Gasteiger partial charge is 0.207 e. The molecule has 0 saturated heterocycles. The maximum atomic E-state index is 6.24. The van der Waals surface area contributed by atoms with Gasteiger partial charge in [0.15, 0.2) is 0 Å². The van der Waals surface area contributed by atoms with E-state index in [4.69, 9.17) is 11.6 Å². The molecule has 1 aliphatic rings. The van der Waals surface area contributed by atoms with Gasteiger partial charge in [0.1, 0.15) is 0 Å². The Kier molecular flexibility index (Phi) is 3.70. The van der Waals surface area contributed by atoms with E-state index in [9.17, 15) is 0 Å². The van der Waals surface area contributed by atoms with Crippen LogP contribution in [0.1, 0.15) is 36.9 Å². The molecule has 4 heteroatoms. The van der Waals surface area contributed by atoms with Crippen molar-refractivity contribution in [2.24, 2.45) is 0 Å². The van der Waals surface area contributed by atoms with Crippen molar-refractivity contribution in [1.29, 1.82) is 0 Å². The molecular weight excluding hydrogens is 270 g/mol. The van der Waals surface area contributed by atoms with Crippen molar-refractivity contribution in [2.45, 2.75) is 45.6 Å². The second-order valence-corrected chi connectivity index (χ2v) is 5.99. The molecule has 0 bridgehead atoms. The highest BCUT2D eigenvalue weighted by Gasteiger charge is 2.18. The second-order valence-electron chi connectivity index (χ2n) is 5.59. The molecule has 1 fully saturated rings. The molecule has 0 spiro atoms. The third-order valence-corrected chi connectivity index (χ3v) is 4.42. The van der Waals surface area contributed by atoms with E-state index in [1.54, 1.807) is 0 Å². The van der Waals surface area contributed by atoms with E-state index >= 15 is 0 Å². The van der Waals surface area contributed by atoms with Gasteiger partial charge in [0, 0.05) is 17.3 Å². The fourth-order valence-corrected chi connectivity index (χ4v) is 3.06. The first-order valence-electron chi connectivity index (χ1n) is 7.23. The molecule has 1 heterocycles. The summed E-state index contributed by atoms with van der Waals surface area (Å²) >= 11 is 6.24. The molecule has 1 saturated carbocycles. The molecule has 2 aromatic rings. The third-order valence-electron chi connectivity index (χ3n) is 4.01. The van der Waals surface area contributed by atoms with E-state index in [0.717, 1.165) is 27.9 Å². The number of anilines is 1. The molecule has 0 aliphatic heterocycles. The number of benzene rings is 1. The molecule has 0 unspecified atom stereocenters. The summed E-state index contributed by atoms with van der Waals surface area (Å²) in [7, 11) is 0. The Morgan fingerprint density at radius 1 is 1.25 bits per heavy atom. The van der Waals surface area contributed by atoms with Crippen LogP contribution in [0.25, 0.3) is 5.69 Å². The van der Waals surface area contributed by atoms with Crippen molar-refractivity contribution < 1.29 is 0 Å². The highest BCUT2D eigenvalue weighted by atomic mass is 35.5. The summed E-state index contributed by atoms with van der Waals surface area (Å²) < 4.78 is 2.12. The number of aromatic nitrogens is 2. The van der Waals surface area contributed by atoms with E-state index in [0.29, 0.717) is 6.04 Å². The quantitative estimate of drug-likeness (QED) is 0.902. The van der Waals surface area contributed by atoms with E-state index in [1.165, 1.54) is 25.7 Å². The predicted molar refractivity (Wildman–Crippen MR) is 83.9 cm³/mol. The Bertz CT molecular complexity index is 612. The molecule has 1 N–H and O–H groups in total. The Labute approximate surface area is 125 Å². The number of nitrogens with zero attached hydrogens (tertiary/aromatic N) is 2. The van der Waals surface area contributed by atoms with Gasteiger partial charge >= 0.3 is 0 Å². The minimum Gasteiger partial charge on any atom is -0.353 e. The van der Waals surface area contributed by atoms with E-state index in [2.05, 4.69) is 27.1 Å². The van der Waals surface area contributed by atoms with Gasteiger partial charge in [-0.3, -0.25) is 4.57 Å². The van der Waals surface area contributed by atoms with Crippen molar-refractivity contribution in [3.05, 3.63) is 40.7 Å². The van der Waals surface area contributed by atoms with Crippen molar-refractivity contribution >= 4 is 17.5 Å². The lowest BCUT2D eigenvalue weighted by atomic mass is 10.2. The van der Waals surface area contributed by atoms with Crippen molar-refractivity contribution in [3.63, 3.8) is 0 Å². The van der Waals surface area contributed by atoms with Gasteiger partial charge in [0.2, 0.25) is 5.95 Å². The average Bonchev–Trinajstić information content (AvgIpc) is 3.03. The van der Waals surface area contributed by atoms with E-state index in [1.807, 2.05) is 26.0 Å². The summed E-state index contributed by atoms with van der Waals surface area (Å²) in [6.07, 6.45) is 7.16. The van der Waals surface area contributed by atoms with Gasteiger partial charge in [-0.2, -0.15) is 0 Å². The zero-order valence-electron chi connectivity index (χ0n) is 12.0. The maximum Gasteiger partial charge on any atom is 0.207 e. The van der Waals surface area contributed by atoms with E-state index in [-0.39, 0.29) is 0 Å². The van der Waals surface area contributed by atoms with Gasteiger partial charge in [0.25, 0.3) is 0 Å². The lowest BCUT2D eigenvalue weighted by molar-refractivity contribution is 0.740. The maximum absolute atomic E-state index is 6.24. The van der Waals surface area contributed by atoms with Gasteiger partial charge in [-0.15, -0.1) is 0 Å². The summed E-state index contributed by atoms with van der Waals surface area (Å²) in [5, 5.41) is 4.38. The van der Waals surface area contributed by atoms with Crippen LogP contribution < -0.4 is 5.32 Å². The standard InChI is InChI=1S/C16H20ClN3/c1-11-10-20(15-9-5-8-14(17)12(15)2)16(18-11)19-13-6-3-4-7-13/h5,8-10,13H,3-4,6-7H2,1-2H3,(H,18,19). The summed E-state index contributed by atoms with van der Waals surface area (Å²) in [5.74, 6) is 0.930. The van der Waals surface area contributed by atoms with Crippen LogP contribution in [0.5, 0.6) is 0 Å². The van der Waals surface area contributed by atoms with Crippen LogP contribution in [0.15, 0.2) is 24.4 Å². The minimum atomic E-state index is 0.551. The number of rotatable bonds is 3. The number of hydrogen-bond acceptors (Lipinski definition) is 2. The van der Waals surface area contributed by atoms with Crippen LogP contribution in [-0.2, 0) is 0 Å². The van der Waals surface area contributed by atoms with Crippen molar-refractivity contribution in [3.8, 4) is 5.69 Å². The lowest BCUT2D eigenvalue weighted by Crippen LogP contribution is -2.17. The Hall–Kier alpha value is -1.48. The number of nitrogens with one attached hydrogen (secondary N) is 1. The molecule has 1 aromatic heterocycles. The minimum absolute atomic E-state index is 0.551. The molecule has 0 atom stereocenters. The topological polar surface area (TPSA) is 29.9 Å². The third kappa shape index (κ3) is 2.55. The number of hydrogen-bond donors (Lipinski definition) is 1. The van der Waals surface area contributed by atoms with Gasteiger partial charge < -0.3 is 5.32 Å². The molecule has 20 heavy (non-hydrogen) atoms. The molecule has 0 amide bonds. The summed E-state index contributed by atoms with van der Waals surface area (Å²) in [6, 6.07) is 6.55. The fraction of sp³-hybridized carbons (Fsp3) is 0.438. The van der Waals surface area contributed by atoms with Gasteiger partial charge in [-0.05, 0) is 44.4 Å². The molecule has 3 nitrogen and oxygen atoms in total. The molecule has 1 aromatic carbocycles. The number of imidazole rings is 1. The normalized spacial score (nSPS) is 15.8. The van der Waals surface area contributed by atoms with Crippen molar-refractivity contribution in [1.82, 2.24) is 9.55 Å². The van der Waals surface area contributed by atoms with Crippen molar-refractivity contribution in [2.75, 3.05) is 5.32 Å². The molecule has 3 rings (SSSR count). The molecule has 106 valence electrons. The average molecular weight is 290 g/mol. The Morgan fingerprint density at radius 2 is 2.00 bits per heavy atom. The first-order valence-corrected chi connectivity index (χ1v) is 7.61. The van der Waals surface area contributed by atoms with Crippen LogP contribution in [0.3, 0.4) is 0 Å². The first-order chi connectivity index (χ1) is 9.65. The first kappa shape index (κ1) is 13.5. The molecule has 1 aliphatic carbocycles. The number of halogens is 1. The van der Waals surface area contributed by atoms with Crippen LogP contribution in [0, 0.1) is 13.8 Å². The van der Waals surface area contributed by atoms with Crippen LogP contribution in [-0.4, -0.2) is 15.6 Å². The summed E-state index contributed by atoms with van der Waals surface area (Å²) in [5.41, 5.74) is 3.20. The van der Waals surface area contributed by atoms with E-state index < -0.39 is 0 Å². The Morgan fingerprint density at radius 3 is 2.75 bits per heavy atom. The van der Waals surface area contributed by atoms with Crippen LogP contribution >= 0.6 is 11.6 Å². The largest absolute Gasteiger partial charge is 0.353 e. The SMILES string of the molecule is Cc1cn(-c2cccc(Cl)c2C)c(NC2CCCC2)n1. The van der Waals surface area contributed by atoms with Gasteiger partial charge in [-0.1, -0.05) is 30.5 Å². The zero-order valence-corrected chi connectivity index (χ0v) is 12.7. The van der Waals surface area contributed by atoms with Crippen LogP contribution in [0.2, 0.25) is 5.02 Å². The highest BCUT2D eigenvalue weighted by Crippen LogP contribution is 2.27. The second kappa shape index (κ2) is 5.49. The van der Waals surface area contributed by atoms with Gasteiger partial charge in [0.05, 0.1) is 11.4 Å². The monoisotopic (exact) mass is 289 g/mol. The zero-order chi connectivity index (χ0) is 14.1. The van der Waals surface area contributed by atoms with Crippen LogP contribution in [0.4, 0.5) is 5.95 Å². The number of aryl methyl sites for hydroxylation is 1.